The van der Waals surface area contributed by atoms with Gasteiger partial charge in [0.2, 0.25) is 0 Å². The maximum Gasteiger partial charge on any atom is 0.148 e. The Kier molecular flexibility index (Phi) is 4.81. The normalized spacial score (nSPS) is 10.9. The number of nitrogens with zero attached hydrogens (tertiary/aromatic N) is 2. The topological polar surface area (TPSA) is 58.3 Å². The van der Waals surface area contributed by atoms with Crippen molar-refractivity contribution in [1.29, 1.82) is 0 Å². The van der Waals surface area contributed by atoms with Crippen LogP contribution in [0.2, 0.25) is 0 Å². The van der Waals surface area contributed by atoms with E-state index in [4.69, 9.17) is 0 Å². The van der Waals surface area contributed by atoms with E-state index in [-0.39, 0.29) is 11.5 Å². The highest BCUT2D eigenvalue weighted by atomic mass is 19.1. The zero-order valence-electron chi connectivity index (χ0n) is 15.1. The van der Waals surface area contributed by atoms with Crippen molar-refractivity contribution in [1.82, 2.24) is 9.78 Å². The molecule has 0 aliphatic rings. The van der Waals surface area contributed by atoms with Gasteiger partial charge < -0.3 is 10.2 Å². The first kappa shape index (κ1) is 17.8. The lowest BCUT2D eigenvalue weighted by Gasteiger charge is -2.13. The molecule has 0 aliphatic carbocycles. The largest absolute Gasteiger partial charge is 0.508 e. The molecule has 0 aliphatic heterocycles. The second-order valence-electron chi connectivity index (χ2n) is 6.56. The van der Waals surface area contributed by atoms with E-state index < -0.39 is 5.82 Å². The predicted octanol–water partition coefficient (Wildman–Crippen LogP) is 4.87. The average Bonchev–Trinajstić information content (AvgIpc) is 3.18. The number of phenolic OH excluding ortho intramolecular Hbond substituents is 2. The maximum absolute atomic E-state index is 14.2. The molecule has 0 amide bonds. The van der Waals surface area contributed by atoms with Crippen molar-refractivity contribution in [3.8, 4) is 28.4 Å². The summed E-state index contributed by atoms with van der Waals surface area (Å²) in [6, 6.07) is 21.1. The molecule has 0 saturated carbocycles. The van der Waals surface area contributed by atoms with Gasteiger partial charge in [-0.05, 0) is 48.2 Å². The third kappa shape index (κ3) is 3.47. The number of rotatable bonds is 5. The van der Waals surface area contributed by atoms with Crippen molar-refractivity contribution < 1.29 is 14.6 Å². The Balaban J connectivity index is 1.71. The number of para-hydroxylation sites is 1. The van der Waals surface area contributed by atoms with Gasteiger partial charge in [-0.2, -0.15) is 5.10 Å². The van der Waals surface area contributed by atoms with Crippen LogP contribution < -0.4 is 0 Å². The number of halogens is 1. The summed E-state index contributed by atoms with van der Waals surface area (Å²) in [7, 11) is 0. The molecule has 4 rings (SSSR count). The minimum atomic E-state index is -0.407. The van der Waals surface area contributed by atoms with Gasteiger partial charge in [0.1, 0.15) is 23.0 Å². The Morgan fingerprint density at radius 3 is 2.36 bits per heavy atom. The highest BCUT2D eigenvalue weighted by Crippen LogP contribution is 2.36. The van der Waals surface area contributed by atoms with Gasteiger partial charge in [0.15, 0.2) is 0 Å². The molecule has 1 aromatic heterocycles. The molecule has 28 heavy (non-hydrogen) atoms. The molecule has 5 heteroatoms. The number of benzene rings is 3. The first-order valence-electron chi connectivity index (χ1n) is 9.01. The molecule has 3 aromatic carbocycles. The summed E-state index contributed by atoms with van der Waals surface area (Å²) < 4.78 is 15.7. The van der Waals surface area contributed by atoms with Gasteiger partial charge in [-0.3, -0.25) is 0 Å². The van der Waals surface area contributed by atoms with Crippen LogP contribution in [0.1, 0.15) is 11.1 Å². The first-order valence-corrected chi connectivity index (χ1v) is 9.01. The van der Waals surface area contributed by atoms with E-state index in [1.54, 1.807) is 36.5 Å². The fourth-order valence-electron chi connectivity index (χ4n) is 3.27. The van der Waals surface area contributed by atoms with Gasteiger partial charge in [-0.25, -0.2) is 9.07 Å². The van der Waals surface area contributed by atoms with Crippen LogP contribution in [0.15, 0.2) is 79.0 Å². The highest BCUT2D eigenvalue weighted by Gasteiger charge is 2.16. The molecule has 1 heterocycles. The summed E-state index contributed by atoms with van der Waals surface area (Å²) >= 11 is 0. The molecular formula is C23H19FN2O2. The number of hydrogen-bond donors (Lipinski definition) is 2. The average molecular weight is 374 g/mol. The Hall–Kier alpha value is -3.60. The minimum absolute atomic E-state index is 0.0362. The molecule has 4 nitrogen and oxygen atoms in total. The molecule has 0 saturated heterocycles. The Labute approximate surface area is 162 Å². The summed E-state index contributed by atoms with van der Waals surface area (Å²) in [6.07, 6.45) is 2.92. The van der Waals surface area contributed by atoms with E-state index >= 15 is 0 Å². The lowest BCUT2D eigenvalue weighted by molar-refractivity contribution is 0.447. The molecule has 0 spiro atoms. The van der Waals surface area contributed by atoms with E-state index in [1.807, 2.05) is 30.3 Å². The van der Waals surface area contributed by atoms with E-state index in [0.29, 0.717) is 28.9 Å². The molecule has 0 atom stereocenters. The zero-order chi connectivity index (χ0) is 19.5. The van der Waals surface area contributed by atoms with Crippen LogP contribution in [-0.2, 0) is 12.8 Å². The van der Waals surface area contributed by atoms with Crippen LogP contribution >= 0.6 is 0 Å². The van der Waals surface area contributed by atoms with Gasteiger partial charge in [-0.1, -0.05) is 42.5 Å². The second kappa shape index (κ2) is 7.56. The van der Waals surface area contributed by atoms with Gasteiger partial charge in [0.25, 0.3) is 0 Å². The van der Waals surface area contributed by atoms with Crippen molar-refractivity contribution in [2.45, 2.75) is 12.8 Å². The Morgan fingerprint density at radius 1 is 0.821 bits per heavy atom. The van der Waals surface area contributed by atoms with Crippen LogP contribution in [0, 0.1) is 5.82 Å². The fourth-order valence-corrected chi connectivity index (χ4v) is 3.27. The second-order valence-corrected chi connectivity index (χ2v) is 6.56. The fraction of sp³-hybridized carbons (Fsp3) is 0.0870. The number of phenols is 2. The van der Waals surface area contributed by atoms with Crippen LogP contribution in [0.3, 0.4) is 0 Å². The van der Waals surface area contributed by atoms with Crippen LogP contribution in [-0.4, -0.2) is 20.0 Å². The number of aromatic hydroxyl groups is 2. The molecule has 0 unspecified atom stereocenters. The molecule has 0 radical (unpaired) electrons. The molecule has 0 bridgehead atoms. The van der Waals surface area contributed by atoms with Crippen molar-refractivity contribution in [2.75, 3.05) is 0 Å². The van der Waals surface area contributed by atoms with Crippen LogP contribution in [0.4, 0.5) is 4.39 Å². The van der Waals surface area contributed by atoms with Crippen molar-refractivity contribution in [3.63, 3.8) is 0 Å². The number of aryl methyl sites for hydroxylation is 2. The molecule has 4 aromatic rings. The quantitative estimate of drug-likeness (QED) is 0.524. The van der Waals surface area contributed by atoms with Crippen molar-refractivity contribution >= 4 is 0 Å². The van der Waals surface area contributed by atoms with Crippen LogP contribution in [0.5, 0.6) is 11.5 Å². The summed E-state index contributed by atoms with van der Waals surface area (Å²) in [4.78, 5) is 0. The summed E-state index contributed by atoms with van der Waals surface area (Å²) in [5.41, 5.74) is 3.19. The summed E-state index contributed by atoms with van der Waals surface area (Å²) in [6.45, 7) is 0. The smallest absolute Gasteiger partial charge is 0.148 e. The lowest BCUT2D eigenvalue weighted by Crippen LogP contribution is -2.02. The standard InChI is InChI=1S/C23H19FN2O2/c24-19-8-4-5-9-21(19)26-20(12-13-25-26)18-14-17(22(27)15-23(18)28)11-10-16-6-2-1-3-7-16/h1-9,12-15,27-28H,10-11H2. The minimum Gasteiger partial charge on any atom is -0.508 e. The number of aromatic nitrogens is 2. The van der Waals surface area contributed by atoms with E-state index in [2.05, 4.69) is 5.10 Å². The third-order valence-electron chi connectivity index (χ3n) is 4.72. The number of hydrogen-bond acceptors (Lipinski definition) is 3. The van der Waals surface area contributed by atoms with Crippen molar-refractivity contribution in [3.05, 3.63) is 95.9 Å². The van der Waals surface area contributed by atoms with Gasteiger partial charge in [0, 0.05) is 11.6 Å². The van der Waals surface area contributed by atoms with E-state index in [9.17, 15) is 14.6 Å². The zero-order valence-corrected chi connectivity index (χ0v) is 15.1. The van der Waals surface area contributed by atoms with Gasteiger partial charge in [-0.15, -0.1) is 0 Å². The third-order valence-corrected chi connectivity index (χ3v) is 4.72. The van der Waals surface area contributed by atoms with E-state index in [1.165, 1.54) is 16.8 Å². The van der Waals surface area contributed by atoms with Gasteiger partial charge >= 0.3 is 0 Å². The predicted molar refractivity (Wildman–Crippen MR) is 106 cm³/mol. The molecule has 0 fully saturated rings. The van der Waals surface area contributed by atoms with Gasteiger partial charge in [0.05, 0.1) is 11.9 Å². The lowest BCUT2D eigenvalue weighted by atomic mass is 9.99. The molecular weight excluding hydrogens is 355 g/mol. The molecule has 2 N–H and O–H groups in total. The van der Waals surface area contributed by atoms with E-state index in [0.717, 1.165) is 12.0 Å². The molecule has 140 valence electrons. The Morgan fingerprint density at radius 2 is 1.57 bits per heavy atom. The summed E-state index contributed by atoms with van der Waals surface area (Å²) in [5, 5.41) is 24.9. The van der Waals surface area contributed by atoms with Crippen molar-refractivity contribution in [2.24, 2.45) is 0 Å². The monoisotopic (exact) mass is 374 g/mol. The Bertz CT molecular complexity index is 1110. The summed E-state index contributed by atoms with van der Waals surface area (Å²) in [5.74, 6) is -0.455. The highest BCUT2D eigenvalue weighted by molar-refractivity contribution is 5.71. The SMILES string of the molecule is Oc1cc(O)c(-c2ccnn2-c2ccccc2F)cc1CCc1ccccc1. The maximum atomic E-state index is 14.2. The first-order chi connectivity index (χ1) is 13.6. The van der Waals surface area contributed by atoms with Crippen LogP contribution in [0.25, 0.3) is 16.9 Å².